The van der Waals surface area contributed by atoms with Crippen LogP contribution in [0.15, 0.2) is 52.5 Å². The molecule has 0 radical (unpaired) electrons. The highest BCUT2D eigenvalue weighted by Gasteiger charge is 2.39. The molecule has 16 heteroatoms. The number of fused-ring (bicyclic) bond motifs is 1. The van der Waals surface area contributed by atoms with Gasteiger partial charge in [0.1, 0.15) is 5.60 Å². The van der Waals surface area contributed by atoms with Gasteiger partial charge in [0.25, 0.3) is 5.91 Å². The van der Waals surface area contributed by atoms with Crippen molar-refractivity contribution in [3.63, 3.8) is 0 Å². The van der Waals surface area contributed by atoms with Gasteiger partial charge in [0.05, 0.1) is 46.9 Å². The molecule has 1 N–H and O–H groups in total. The zero-order valence-corrected chi connectivity index (χ0v) is 25.6. The number of aromatic nitrogens is 2. The van der Waals surface area contributed by atoms with Crippen molar-refractivity contribution in [1.82, 2.24) is 19.6 Å². The van der Waals surface area contributed by atoms with E-state index in [1.165, 1.54) is 15.8 Å². The summed E-state index contributed by atoms with van der Waals surface area (Å²) in [5, 5.41) is 15.0. The summed E-state index contributed by atoms with van der Waals surface area (Å²) in [6, 6.07) is 5.86. The molecular formula is C30H29F6N5O4S. The topological polar surface area (TPSA) is 100 Å². The first-order valence-electron chi connectivity index (χ1n) is 14.0. The molecule has 1 aromatic heterocycles. The van der Waals surface area contributed by atoms with Crippen LogP contribution in [0.2, 0.25) is 0 Å². The number of carbonyl (C=O) groups excluding carboxylic acids is 2. The second-order valence-corrected chi connectivity index (χ2v) is 12.8. The van der Waals surface area contributed by atoms with E-state index in [2.05, 4.69) is 10.1 Å². The minimum Gasteiger partial charge on any atom is -0.444 e. The van der Waals surface area contributed by atoms with Crippen LogP contribution in [0.4, 0.5) is 31.1 Å². The average molecular weight is 670 g/mol. The Balaban J connectivity index is 1.30. The Bertz CT molecular complexity index is 1730. The first-order chi connectivity index (χ1) is 21.4. The summed E-state index contributed by atoms with van der Waals surface area (Å²) in [5.74, 6) is -0.479. The second-order valence-electron chi connectivity index (χ2n) is 11.8. The van der Waals surface area contributed by atoms with E-state index in [4.69, 9.17) is 4.74 Å². The third kappa shape index (κ3) is 7.33. The zero-order valence-electron chi connectivity index (χ0n) is 24.8. The first kappa shape index (κ1) is 33.3. The molecule has 3 heterocycles. The van der Waals surface area contributed by atoms with E-state index in [0.717, 1.165) is 17.8 Å². The monoisotopic (exact) mass is 669 g/mol. The van der Waals surface area contributed by atoms with Gasteiger partial charge in [-0.25, -0.2) is 4.79 Å². The Kier molecular flexibility index (Phi) is 8.90. The first-order valence-corrected chi connectivity index (χ1v) is 14.9. The van der Waals surface area contributed by atoms with Gasteiger partial charge in [-0.1, -0.05) is 12.1 Å². The Morgan fingerprint density at radius 2 is 1.80 bits per heavy atom. The number of aliphatic imine (C=N–C) groups is 1. The van der Waals surface area contributed by atoms with Crippen LogP contribution < -0.4 is 0 Å². The predicted octanol–water partition coefficient (Wildman–Crippen LogP) is 6.01. The van der Waals surface area contributed by atoms with Gasteiger partial charge in [-0.2, -0.15) is 36.4 Å². The Morgan fingerprint density at radius 3 is 2.46 bits per heavy atom. The van der Waals surface area contributed by atoms with Crippen LogP contribution in [0.25, 0.3) is 17.0 Å². The number of aliphatic hydroxyl groups excluding tert-OH is 1. The van der Waals surface area contributed by atoms with E-state index in [9.17, 15) is 41.0 Å². The molecule has 1 saturated heterocycles. The summed E-state index contributed by atoms with van der Waals surface area (Å²) in [4.78, 5) is 33.1. The largest absolute Gasteiger partial charge is 0.444 e. The number of amides is 2. The number of halogens is 6. The van der Waals surface area contributed by atoms with Crippen molar-refractivity contribution >= 4 is 45.9 Å². The number of amidine groups is 1. The summed E-state index contributed by atoms with van der Waals surface area (Å²) in [7, 11) is 0. The van der Waals surface area contributed by atoms with Gasteiger partial charge in [0.15, 0.2) is 5.17 Å². The Morgan fingerprint density at radius 1 is 1.07 bits per heavy atom. The molecule has 246 valence electrons. The maximum atomic E-state index is 13.6. The van der Waals surface area contributed by atoms with Crippen molar-refractivity contribution in [3.8, 4) is 0 Å². The van der Waals surface area contributed by atoms with Crippen LogP contribution in [0.1, 0.15) is 43.0 Å². The molecule has 2 aromatic carbocycles. The van der Waals surface area contributed by atoms with E-state index in [1.54, 1.807) is 45.0 Å². The highest BCUT2D eigenvalue weighted by Crippen LogP contribution is 2.38. The van der Waals surface area contributed by atoms with Crippen molar-refractivity contribution in [3.05, 3.63) is 69.8 Å². The van der Waals surface area contributed by atoms with Crippen LogP contribution in [0, 0.1) is 0 Å². The van der Waals surface area contributed by atoms with Gasteiger partial charge in [-0.15, -0.1) is 0 Å². The third-order valence-electron chi connectivity index (χ3n) is 7.23. The molecule has 1 atom stereocenters. The molecule has 2 aliphatic rings. The van der Waals surface area contributed by atoms with Crippen molar-refractivity contribution in [1.29, 1.82) is 0 Å². The van der Waals surface area contributed by atoms with E-state index < -0.39 is 53.7 Å². The van der Waals surface area contributed by atoms with Gasteiger partial charge in [-0.3, -0.25) is 14.4 Å². The van der Waals surface area contributed by atoms with Gasteiger partial charge < -0.3 is 14.7 Å². The highest BCUT2D eigenvalue weighted by molar-refractivity contribution is 8.18. The molecule has 9 nitrogen and oxygen atoms in total. The molecule has 0 unspecified atom stereocenters. The maximum absolute atomic E-state index is 13.6. The van der Waals surface area contributed by atoms with Crippen LogP contribution >= 0.6 is 11.8 Å². The summed E-state index contributed by atoms with van der Waals surface area (Å²) < 4.78 is 86.8. The SMILES string of the molecule is CC(C)(C)OC(=O)N1CCN(C2=NC(=O)C(=Cc3ccc4c(cnn4Cc4ccc(C(F)(F)F)cc4C(F)(F)F)c3)S2)C[C@H]1CO. The lowest BCUT2D eigenvalue weighted by molar-refractivity contribution is -0.143. The molecule has 3 aromatic rings. The maximum Gasteiger partial charge on any atom is 0.416 e. The van der Waals surface area contributed by atoms with Gasteiger partial charge in [0.2, 0.25) is 0 Å². The number of hydrogen-bond donors (Lipinski definition) is 1. The van der Waals surface area contributed by atoms with Crippen LogP contribution in [0.3, 0.4) is 0 Å². The highest BCUT2D eigenvalue weighted by atomic mass is 32.2. The number of thioether (sulfide) groups is 1. The molecule has 0 bridgehead atoms. The van der Waals surface area contributed by atoms with Gasteiger partial charge in [-0.05, 0) is 74.0 Å². The number of piperazine rings is 1. The molecule has 2 aliphatic heterocycles. The summed E-state index contributed by atoms with van der Waals surface area (Å²) >= 11 is 1.14. The van der Waals surface area contributed by atoms with E-state index >= 15 is 0 Å². The lowest BCUT2D eigenvalue weighted by Crippen LogP contribution is -2.58. The lowest BCUT2D eigenvalue weighted by atomic mass is 10.0. The van der Waals surface area contributed by atoms with Crippen molar-refractivity contribution in [2.24, 2.45) is 4.99 Å². The number of carbonyl (C=O) groups is 2. The van der Waals surface area contributed by atoms with E-state index in [0.29, 0.717) is 39.2 Å². The Hall–Kier alpha value is -4.05. The predicted molar refractivity (Wildman–Crippen MR) is 159 cm³/mol. The van der Waals surface area contributed by atoms with Crippen molar-refractivity contribution in [2.45, 2.75) is 51.3 Å². The third-order valence-corrected chi connectivity index (χ3v) is 8.27. The lowest BCUT2D eigenvalue weighted by Gasteiger charge is -2.41. The quantitative estimate of drug-likeness (QED) is 0.269. The number of rotatable bonds is 4. The summed E-state index contributed by atoms with van der Waals surface area (Å²) in [5.41, 5.74) is -2.82. The minimum atomic E-state index is -5.00. The zero-order chi connectivity index (χ0) is 33.6. The van der Waals surface area contributed by atoms with E-state index in [-0.39, 0.29) is 31.3 Å². The molecule has 0 aliphatic carbocycles. The Labute approximate surface area is 263 Å². The van der Waals surface area contributed by atoms with E-state index in [1.807, 2.05) is 4.90 Å². The molecule has 2 amide bonds. The number of ether oxygens (including phenoxy) is 1. The molecule has 0 saturated carbocycles. The molecule has 1 fully saturated rings. The minimum absolute atomic E-state index is 0.100. The summed E-state index contributed by atoms with van der Waals surface area (Å²) in [6.45, 7) is 5.37. The van der Waals surface area contributed by atoms with Crippen molar-refractivity contribution < 1.29 is 45.8 Å². The molecule has 0 spiro atoms. The second kappa shape index (κ2) is 12.3. The normalized spacial score (nSPS) is 18.9. The van der Waals surface area contributed by atoms with Crippen LogP contribution in [-0.2, 0) is 28.4 Å². The fourth-order valence-corrected chi connectivity index (χ4v) is 6.02. The molecular weight excluding hydrogens is 640 g/mol. The standard InChI is InChI=1S/C30H29F6N5O4S/c1-28(2,3)45-27(44)40-9-8-39(15-21(40)16-42)26-38-25(43)24(46-26)11-17-4-7-23-19(10-17)13-37-41(23)14-18-5-6-20(29(31,32)33)12-22(18)30(34,35)36/h4-7,10-13,21,42H,8-9,14-16H2,1-3H3/t21-/m0/s1. The van der Waals surface area contributed by atoms with Crippen LogP contribution in [-0.4, -0.2) is 79.7 Å². The van der Waals surface area contributed by atoms with Crippen LogP contribution in [0.5, 0.6) is 0 Å². The number of hydrogen-bond acceptors (Lipinski definition) is 7. The summed E-state index contributed by atoms with van der Waals surface area (Å²) in [6.07, 6.45) is -7.44. The average Bonchev–Trinajstić information content (AvgIpc) is 3.53. The number of nitrogens with zero attached hydrogens (tertiary/aromatic N) is 5. The van der Waals surface area contributed by atoms with Gasteiger partial charge >= 0.3 is 18.4 Å². The molecule has 5 rings (SSSR count). The molecule has 46 heavy (non-hydrogen) atoms. The fraction of sp³-hybridized carbons (Fsp3) is 0.400. The number of aliphatic hydroxyl groups is 1. The number of alkyl halides is 6. The van der Waals surface area contributed by atoms with Gasteiger partial charge in [0, 0.05) is 25.0 Å². The van der Waals surface area contributed by atoms with Crippen molar-refractivity contribution in [2.75, 3.05) is 26.2 Å². The number of benzene rings is 2. The fourth-order valence-electron chi connectivity index (χ4n) is 5.07. The smallest absolute Gasteiger partial charge is 0.416 e.